The monoisotopic (exact) mass is 290 g/mol. The molecule has 5 nitrogen and oxygen atoms in total. The largest absolute Gasteiger partial charge is 0.493 e. The maximum Gasteiger partial charge on any atom is 0.251 e. The highest BCUT2D eigenvalue weighted by Gasteiger charge is 2.20. The van der Waals surface area contributed by atoms with E-state index in [1.807, 2.05) is 0 Å². The van der Waals surface area contributed by atoms with E-state index in [-0.39, 0.29) is 17.9 Å². The Balaban J connectivity index is 1.86. The van der Waals surface area contributed by atoms with E-state index in [4.69, 9.17) is 4.74 Å². The highest BCUT2D eigenvalue weighted by Crippen LogP contribution is 2.14. The van der Waals surface area contributed by atoms with Crippen LogP contribution in [0.25, 0.3) is 0 Å². The van der Waals surface area contributed by atoms with Crippen molar-refractivity contribution in [2.75, 3.05) is 13.2 Å². The molecule has 0 bridgehead atoms. The molecule has 0 radical (unpaired) electrons. The Kier molecular flexibility index (Phi) is 5.20. The van der Waals surface area contributed by atoms with E-state index >= 15 is 0 Å². The average Bonchev–Trinajstić information content (AvgIpc) is 2.48. The molecule has 1 atom stereocenters. The Morgan fingerprint density at radius 2 is 2.10 bits per heavy atom. The lowest BCUT2D eigenvalue weighted by Gasteiger charge is -2.23. The van der Waals surface area contributed by atoms with Crippen molar-refractivity contribution in [3.63, 3.8) is 0 Å². The van der Waals surface area contributed by atoms with Crippen molar-refractivity contribution in [3.8, 4) is 5.75 Å². The number of hydrogen-bond donors (Lipinski definition) is 2. The summed E-state index contributed by atoms with van der Waals surface area (Å²) in [6.45, 7) is 5.34. The Hall–Kier alpha value is -2.04. The Labute approximate surface area is 125 Å². The van der Waals surface area contributed by atoms with E-state index in [0.29, 0.717) is 37.5 Å². The van der Waals surface area contributed by atoms with Gasteiger partial charge in [-0.15, -0.1) is 0 Å². The molecule has 21 heavy (non-hydrogen) atoms. The smallest absolute Gasteiger partial charge is 0.251 e. The summed E-state index contributed by atoms with van der Waals surface area (Å²) in [7, 11) is 0. The second-order valence-corrected chi connectivity index (χ2v) is 5.74. The van der Waals surface area contributed by atoms with E-state index in [1.165, 1.54) is 0 Å². The molecule has 0 aliphatic carbocycles. The fourth-order valence-corrected chi connectivity index (χ4v) is 2.09. The number of ether oxygens (including phenoxy) is 1. The fourth-order valence-electron chi connectivity index (χ4n) is 2.09. The van der Waals surface area contributed by atoms with Gasteiger partial charge in [-0.05, 0) is 36.6 Å². The summed E-state index contributed by atoms with van der Waals surface area (Å²) < 4.78 is 5.58. The third-order valence-corrected chi connectivity index (χ3v) is 3.30. The van der Waals surface area contributed by atoms with Gasteiger partial charge in [-0.2, -0.15) is 0 Å². The third-order valence-electron chi connectivity index (χ3n) is 3.30. The van der Waals surface area contributed by atoms with Gasteiger partial charge in [0.15, 0.2) is 0 Å². The molecular formula is C16H22N2O3. The van der Waals surface area contributed by atoms with Crippen molar-refractivity contribution in [1.29, 1.82) is 0 Å². The summed E-state index contributed by atoms with van der Waals surface area (Å²) in [4.78, 5) is 23.2. The zero-order valence-corrected chi connectivity index (χ0v) is 12.5. The summed E-state index contributed by atoms with van der Waals surface area (Å²) in [5, 5.41) is 5.68. The van der Waals surface area contributed by atoms with Gasteiger partial charge in [0.25, 0.3) is 5.91 Å². The zero-order chi connectivity index (χ0) is 15.2. The van der Waals surface area contributed by atoms with Crippen LogP contribution in [0.1, 0.15) is 37.0 Å². The number of benzene rings is 1. The van der Waals surface area contributed by atoms with Gasteiger partial charge in [-0.1, -0.05) is 13.8 Å². The van der Waals surface area contributed by atoms with Crippen molar-refractivity contribution in [1.82, 2.24) is 10.6 Å². The molecule has 1 aliphatic rings. The van der Waals surface area contributed by atoms with E-state index in [1.54, 1.807) is 24.3 Å². The van der Waals surface area contributed by atoms with Crippen molar-refractivity contribution >= 4 is 11.8 Å². The van der Waals surface area contributed by atoms with Gasteiger partial charge < -0.3 is 15.4 Å². The molecule has 0 spiro atoms. The molecule has 1 fully saturated rings. The van der Waals surface area contributed by atoms with Crippen LogP contribution in [0.4, 0.5) is 0 Å². The van der Waals surface area contributed by atoms with Gasteiger partial charge in [-0.3, -0.25) is 9.59 Å². The van der Waals surface area contributed by atoms with Crippen LogP contribution in [0, 0.1) is 5.92 Å². The molecule has 1 heterocycles. The summed E-state index contributed by atoms with van der Waals surface area (Å²) in [5.74, 6) is 1.17. The predicted octanol–water partition coefficient (Wildman–Crippen LogP) is 1.73. The van der Waals surface area contributed by atoms with Crippen LogP contribution in [0.3, 0.4) is 0 Å². The van der Waals surface area contributed by atoms with Gasteiger partial charge in [-0.25, -0.2) is 0 Å². The molecule has 2 N–H and O–H groups in total. The SMILES string of the molecule is CC(C)COc1ccc(C(=O)NC2CCC(=O)NC2)cc1. The first kappa shape index (κ1) is 15.4. The van der Waals surface area contributed by atoms with E-state index in [9.17, 15) is 9.59 Å². The van der Waals surface area contributed by atoms with Crippen molar-refractivity contribution in [3.05, 3.63) is 29.8 Å². The molecule has 1 aliphatic heterocycles. The highest BCUT2D eigenvalue weighted by molar-refractivity contribution is 5.94. The molecule has 1 aromatic rings. The normalized spacial score (nSPS) is 18.2. The lowest BCUT2D eigenvalue weighted by molar-refractivity contribution is -0.122. The molecule has 1 aromatic carbocycles. The third kappa shape index (κ3) is 4.77. The Morgan fingerprint density at radius 1 is 1.38 bits per heavy atom. The number of nitrogens with one attached hydrogen (secondary N) is 2. The molecule has 2 amide bonds. The van der Waals surface area contributed by atoms with Gasteiger partial charge in [0.05, 0.1) is 6.61 Å². The first-order valence-electron chi connectivity index (χ1n) is 7.35. The van der Waals surface area contributed by atoms with E-state index in [2.05, 4.69) is 24.5 Å². The molecule has 114 valence electrons. The number of piperidine rings is 1. The maximum atomic E-state index is 12.1. The number of carbonyl (C=O) groups excluding carboxylic acids is 2. The first-order valence-corrected chi connectivity index (χ1v) is 7.35. The summed E-state index contributed by atoms with van der Waals surface area (Å²) >= 11 is 0. The quantitative estimate of drug-likeness (QED) is 0.868. The van der Waals surface area contributed by atoms with Crippen LogP contribution < -0.4 is 15.4 Å². The standard InChI is InChI=1S/C16H22N2O3/c1-11(2)10-21-14-6-3-12(4-7-14)16(20)18-13-5-8-15(19)17-9-13/h3-4,6-7,11,13H,5,8-10H2,1-2H3,(H,17,19)(H,18,20). The number of rotatable bonds is 5. The number of hydrogen-bond acceptors (Lipinski definition) is 3. The minimum absolute atomic E-state index is 0.00654. The molecule has 1 unspecified atom stereocenters. The highest BCUT2D eigenvalue weighted by atomic mass is 16.5. The maximum absolute atomic E-state index is 12.1. The van der Waals surface area contributed by atoms with Crippen LogP contribution in [0.15, 0.2) is 24.3 Å². The van der Waals surface area contributed by atoms with E-state index < -0.39 is 0 Å². The van der Waals surface area contributed by atoms with Crippen LogP contribution in [-0.2, 0) is 4.79 Å². The Bertz CT molecular complexity index is 487. The molecule has 0 aromatic heterocycles. The summed E-state index contributed by atoms with van der Waals surface area (Å²) in [5.41, 5.74) is 0.601. The molecule has 1 saturated heterocycles. The first-order chi connectivity index (χ1) is 10.0. The van der Waals surface area contributed by atoms with E-state index in [0.717, 1.165) is 5.75 Å². The van der Waals surface area contributed by atoms with Crippen LogP contribution in [-0.4, -0.2) is 31.0 Å². The molecule has 5 heteroatoms. The summed E-state index contributed by atoms with van der Waals surface area (Å²) in [6.07, 6.45) is 1.15. The van der Waals surface area contributed by atoms with Gasteiger partial charge >= 0.3 is 0 Å². The number of carbonyl (C=O) groups is 2. The van der Waals surface area contributed by atoms with Gasteiger partial charge in [0, 0.05) is 24.6 Å². The minimum Gasteiger partial charge on any atom is -0.493 e. The molecular weight excluding hydrogens is 268 g/mol. The second-order valence-electron chi connectivity index (χ2n) is 5.74. The van der Waals surface area contributed by atoms with Crippen molar-refractivity contribution in [2.24, 2.45) is 5.92 Å². The lowest BCUT2D eigenvalue weighted by atomic mass is 10.1. The van der Waals surface area contributed by atoms with Crippen LogP contribution >= 0.6 is 0 Å². The van der Waals surface area contributed by atoms with Gasteiger partial charge in [0.2, 0.25) is 5.91 Å². The zero-order valence-electron chi connectivity index (χ0n) is 12.5. The van der Waals surface area contributed by atoms with Crippen molar-refractivity contribution < 1.29 is 14.3 Å². The Morgan fingerprint density at radius 3 is 2.67 bits per heavy atom. The second kappa shape index (κ2) is 7.11. The average molecular weight is 290 g/mol. The van der Waals surface area contributed by atoms with Crippen LogP contribution in [0.5, 0.6) is 5.75 Å². The van der Waals surface area contributed by atoms with Gasteiger partial charge in [0.1, 0.15) is 5.75 Å². The topological polar surface area (TPSA) is 67.4 Å². The lowest BCUT2D eigenvalue weighted by Crippen LogP contribution is -2.47. The van der Waals surface area contributed by atoms with Crippen LogP contribution in [0.2, 0.25) is 0 Å². The molecule has 2 rings (SSSR count). The summed E-state index contributed by atoms with van der Waals surface area (Å²) in [6, 6.07) is 7.13. The predicted molar refractivity (Wildman–Crippen MR) is 80.3 cm³/mol. The minimum atomic E-state index is -0.119. The van der Waals surface area contributed by atoms with Crippen molar-refractivity contribution in [2.45, 2.75) is 32.7 Å². The molecule has 0 saturated carbocycles. The fraction of sp³-hybridized carbons (Fsp3) is 0.500. The number of amides is 2.